The third-order valence-electron chi connectivity index (χ3n) is 1.49. The van der Waals surface area contributed by atoms with Crippen LogP contribution < -0.4 is 0 Å². The Balaban J connectivity index is 4.14. The zero-order chi connectivity index (χ0) is 12.1. The third kappa shape index (κ3) is 9.20. The van der Waals surface area contributed by atoms with Gasteiger partial charge in [-0.05, 0) is 13.3 Å². The van der Waals surface area contributed by atoms with Crippen molar-refractivity contribution < 1.29 is 32.6 Å². The molecule has 9 heteroatoms. The summed E-state index contributed by atoms with van der Waals surface area (Å²) in [4.78, 5) is 25.6. The van der Waals surface area contributed by atoms with E-state index in [1.54, 1.807) is 0 Å². The average molecular weight is 262 g/mol. The Labute approximate surface area is 88.3 Å². The second kappa shape index (κ2) is 6.11. The molecular weight excluding hydrogens is 246 g/mol. The summed E-state index contributed by atoms with van der Waals surface area (Å²) in [5.41, 5.74) is 0. The molecule has 0 saturated heterocycles. The van der Waals surface area contributed by atoms with Gasteiger partial charge in [-0.1, -0.05) is 19.8 Å². The second-order valence-electron chi connectivity index (χ2n) is 3.10. The summed E-state index contributed by atoms with van der Waals surface area (Å²) in [5, 5.41) is 0. The van der Waals surface area contributed by atoms with Crippen molar-refractivity contribution in [3.63, 3.8) is 0 Å². The number of phosphoric ester groups is 1. The fourth-order valence-electron chi connectivity index (χ4n) is 0.925. The van der Waals surface area contributed by atoms with Gasteiger partial charge in [0.2, 0.25) is 0 Å². The minimum atomic E-state index is -5.01. The number of phosphoric acid groups is 2. The van der Waals surface area contributed by atoms with E-state index >= 15 is 0 Å². The molecule has 0 fully saturated rings. The summed E-state index contributed by atoms with van der Waals surface area (Å²) < 4.78 is 29.5. The molecule has 15 heavy (non-hydrogen) atoms. The monoisotopic (exact) mass is 262 g/mol. The smallest absolute Gasteiger partial charge is 0.302 e. The van der Waals surface area contributed by atoms with Gasteiger partial charge < -0.3 is 14.7 Å². The van der Waals surface area contributed by atoms with Gasteiger partial charge in [-0.15, -0.1) is 0 Å². The van der Waals surface area contributed by atoms with Crippen LogP contribution in [0.4, 0.5) is 0 Å². The maximum Gasteiger partial charge on any atom is 0.481 e. The molecule has 0 aromatic rings. The minimum absolute atomic E-state index is 0.519. The highest BCUT2D eigenvalue weighted by Crippen LogP contribution is 2.58. The van der Waals surface area contributed by atoms with Gasteiger partial charge in [0.25, 0.3) is 0 Å². The largest absolute Gasteiger partial charge is 0.481 e. The van der Waals surface area contributed by atoms with Crippen molar-refractivity contribution in [2.45, 2.75) is 39.2 Å². The first-order valence-electron chi connectivity index (χ1n) is 4.44. The molecule has 0 radical (unpaired) electrons. The molecule has 0 amide bonds. The van der Waals surface area contributed by atoms with Crippen LogP contribution in [-0.4, -0.2) is 20.8 Å². The van der Waals surface area contributed by atoms with Crippen LogP contribution in [0.2, 0.25) is 0 Å². The molecule has 7 nitrogen and oxygen atoms in total. The lowest BCUT2D eigenvalue weighted by atomic mass is 10.2. The zero-order valence-electron chi connectivity index (χ0n) is 8.57. The lowest BCUT2D eigenvalue weighted by molar-refractivity contribution is 0.130. The van der Waals surface area contributed by atoms with Crippen molar-refractivity contribution in [3.8, 4) is 0 Å². The topological polar surface area (TPSA) is 113 Å². The highest BCUT2D eigenvalue weighted by atomic mass is 31.3. The molecule has 3 N–H and O–H groups in total. The predicted octanol–water partition coefficient (Wildman–Crippen LogP) is 1.79. The summed E-state index contributed by atoms with van der Waals surface area (Å²) >= 11 is 0. The summed E-state index contributed by atoms with van der Waals surface area (Å²) in [6.45, 7) is 3.47. The summed E-state index contributed by atoms with van der Waals surface area (Å²) in [5.74, 6) is 0. The van der Waals surface area contributed by atoms with E-state index in [1.807, 2.05) is 6.92 Å². The molecule has 0 spiro atoms. The Morgan fingerprint density at radius 2 is 1.80 bits per heavy atom. The highest BCUT2D eigenvalue weighted by Gasteiger charge is 2.33. The molecule has 0 aliphatic heterocycles. The number of hydrogen-bond acceptors (Lipinski definition) is 4. The molecule has 0 aliphatic rings. The number of unbranched alkanes of at least 4 members (excludes halogenated alkanes) is 1. The molecule has 0 heterocycles. The van der Waals surface area contributed by atoms with E-state index in [0.717, 1.165) is 12.8 Å². The summed E-state index contributed by atoms with van der Waals surface area (Å²) in [6.07, 6.45) is 1.61. The molecular formula is C6H16O7P2. The van der Waals surface area contributed by atoms with Crippen molar-refractivity contribution in [2.75, 3.05) is 0 Å². The van der Waals surface area contributed by atoms with E-state index in [1.165, 1.54) is 6.92 Å². The maximum absolute atomic E-state index is 11.0. The molecule has 92 valence electrons. The van der Waals surface area contributed by atoms with Gasteiger partial charge in [0, 0.05) is 0 Å². The van der Waals surface area contributed by atoms with E-state index in [2.05, 4.69) is 8.83 Å². The van der Waals surface area contributed by atoms with Crippen molar-refractivity contribution in [2.24, 2.45) is 0 Å². The van der Waals surface area contributed by atoms with Gasteiger partial charge in [0.1, 0.15) is 0 Å². The normalized spacial score (nSPS) is 18.5. The fraction of sp³-hybridized carbons (Fsp3) is 1.00. The quantitative estimate of drug-likeness (QED) is 0.599. The van der Waals surface area contributed by atoms with Crippen LogP contribution >= 0.6 is 15.6 Å². The van der Waals surface area contributed by atoms with E-state index in [9.17, 15) is 9.13 Å². The Hall–Kier alpha value is 0.260. The lowest BCUT2D eigenvalue weighted by Crippen LogP contribution is -2.07. The first-order valence-corrected chi connectivity index (χ1v) is 7.47. The van der Waals surface area contributed by atoms with Crippen molar-refractivity contribution in [1.82, 2.24) is 0 Å². The maximum atomic E-state index is 11.0. The van der Waals surface area contributed by atoms with Crippen molar-refractivity contribution in [3.05, 3.63) is 0 Å². The zero-order valence-corrected chi connectivity index (χ0v) is 10.4. The first-order chi connectivity index (χ1) is 6.66. The highest BCUT2D eigenvalue weighted by molar-refractivity contribution is 7.60. The second-order valence-corrected chi connectivity index (χ2v) is 5.88. The van der Waals surface area contributed by atoms with Gasteiger partial charge in [0.05, 0.1) is 6.10 Å². The van der Waals surface area contributed by atoms with E-state index in [0.29, 0.717) is 6.42 Å². The van der Waals surface area contributed by atoms with E-state index in [4.69, 9.17) is 14.7 Å². The van der Waals surface area contributed by atoms with Crippen molar-refractivity contribution >= 4 is 15.6 Å². The van der Waals surface area contributed by atoms with Crippen molar-refractivity contribution in [1.29, 1.82) is 0 Å². The van der Waals surface area contributed by atoms with Gasteiger partial charge >= 0.3 is 15.6 Å². The molecule has 0 bridgehead atoms. The van der Waals surface area contributed by atoms with Gasteiger partial charge in [-0.3, -0.25) is 4.52 Å². The predicted molar refractivity (Wildman–Crippen MR) is 53.0 cm³/mol. The minimum Gasteiger partial charge on any atom is -0.302 e. The van der Waals surface area contributed by atoms with Crippen LogP contribution in [0.25, 0.3) is 0 Å². The van der Waals surface area contributed by atoms with Gasteiger partial charge in [-0.25, -0.2) is 9.13 Å². The number of hydrogen-bond donors (Lipinski definition) is 3. The van der Waals surface area contributed by atoms with Gasteiger partial charge in [-0.2, -0.15) is 4.31 Å². The first kappa shape index (κ1) is 15.3. The summed E-state index contributed by atoms with van der Waals surface area (Å²) in [7, 11) is -9.68. The number of rotatable bonds is 7. The molecule has 0 aliphatic carbocycles. The Bertz CT molecular complexity index is 273. The molecule has 0 aromatic heterocycles. The van der Waals surface area contributed by atoms with Crippen LogP contribution in [-0.2, 0) is 18.0 Å². The Morgan fingerprint density at radius 3 is 2.20 bits per heavy atom. The van der Waals surface area contributed by atoms with Crippen LogP contribution in [0.3, 0.4) is 0 Å². The van der Waals surface area contributed by atoms with Crippen LogP contribution in [0, 0.1) is 0 Å². The molecule has 0 saturated carbocycles. The standard InChI is InChI=1S/C6H16O7P2/c1-3-4-5-6(2)12-15(10,11)13-14(7,8)9/h6H,3-5H2,1-2H3,(H,10,11)(H2,7,8,9). The third-order valence-corrected chi connectivity index (χ3v) is 3.79. The summed E-state index contributed by atoms with van der Waals surface area (Å²) in [6, 6.07) is 0. The van der Waals surface area contributed by atoms with Crippen LogP contribution in [0.1, 0.15) is 33.1 Å². The molecule has 2 unspecified atom stereocenters. The molecule has 2 atom stereocenters. The molecule has 0 aromatic carbocycles. The van der Waals surface area contributed by atoms with E-state index in [-0.39, 0.29) is 0 Å². The lowest BCUT2D eigenvalue weighted by Gasteiger charge is -2.17. The van der Waals surface area contributed by atoms with E-state index < -0.39 is 21.7 Å². The Kier molecular flexibility index (Phi) is 6.21. The average Bonchev–Trinajstić information content (AvgIpc) is 1.94. The SMILES string of the molecule is CCCCC(C)OP(=O)(O)OP(=O)(O)O. The van der Waals surface area contributed by atoms with Gasteiger partial charge in [0.15, 0.2) is 0 Å². The van der Waals surface area contributed by atoms with Crippen LogP contribution in [0.5, 0.6) is 0 Å². The molecule has 0 rings (SSSR count). The van der Waals surface area contributed by atoms with Crippen LogP contribution in [0.15, 0.2) is 0 Å². The Morgan fingerprint density at radius 1 is 1.27 bits per heavy atom. The fourth-order valence-corrected chi connectivity index (χ4v) is 2.71.